The van der Waals surface area contributed by atoms with Gasteiger partial charge in [-0.05, 0) is 43.7 Å². The van der Waals surface area contributed by atoms with E-state index in [-0.39, 0.29) is 30.9 Å². The van der Waals surface area contributed by atoms with Gasteiger partial charge in [-0.3, -0.25) is 9.59 Å². The molecule has 21 heavy (non-hydrogen) atoms. The highest BCUT2D eigenvalue weighted by atomic mass is 35.5. The molecule has 0 saturated heterocycles. The first-order valence-electron chi connectivity index (χ1n) is 6.49. The predicted molar refractivity (Wildman–Crippen MR) is 84.4 cm³/mol. The Kier molecular flexibility index (Phi) is 7.26. The number of nitrogens with one attached hydrogen (secondary N) is 1. The highest BCUT2D eigenvalue weighted by Crippen LogP contribution is 2.21. The van der Waals surface area contributed by atoms with E-state index in [1.165, 1.54) is 6.08 Å². The first kappa shape index (κ1) is 17.5. The van der Waals surface area contributed by atoms with Crippen LogP contribution in [0.4, 0.5) is 0 Å². The Morgan fingerprint density at radius 1 is 1.33 bits per heavy atom. The summed E-state index contributed by atoms with van der Waals surface area (Å²) in [6, 6.07) is 4.98. The van der Waals surface area contributed by atoms with E-state index in [0.717, 1.165) is 0 Å². The number of hydrogen-bond acceptors (Lipinski definition) is 3. The summed E-state index contributed by atoms with van der Waals surface area (Å²) in [7, 11) is 0. The molecule has 6 heteroatoms. The molecule has 4 nitrogen and oxygen atoms in total. The van der Waals surface area contributed by atoms with Gasteiger partial charge in [-0.15, -0.1) is 0 Å². The third-order valence-electron chi connectivity index (χ3n) is 2.37. The van der Waals surface area contributed by atoms with Crippen molar-refractivity contribution < 1.29 is 14.3 Å². The largest absolute Gasteiger partial charge is 0.463 e. The number of hydrogen-bond donors (Lipinski definition) is 1. The molecule has 1 aromatic rings. The number of esters is 1. The SMILES string of the molecule is CC(C)OC(=O)CCNC(=O)/C=C/c1cc(Cl)ccc1Cl. The third kappa shape index (κ3) is 7.16. The summed E-state index contributed by atoms with van der Waals surface area (Å²) in [4.78, 5) is 22.9. The molecule has 0 radical (unpaired) electrons. The van der Waals surface area contributed by atoms with Crippen molar-refractivity contribution in [3.05, 3.63) is 39.9 Å². The Morgan fingerprint density at radius 2 is 2.05 bits per heavy atom. The van der Waals surface area contributed by atoms with Crippen molar-refractivity contribution in [1.82, 2.24) is 5.32 Å². The normalized spacial score (nSPS) is 10.9. The van der Waals surface area contributed by atoms with Crippen LogP contribution in [0.3, 0.4) is 0 Å². The van der Waals surface area contributed by atoms with Gasteiger partial charge >= 0.3 is 5.97 Å². The Hall–Kier alpha value is -1.52. The average molecular weight is 330 g/mol. The fourth-order valence-corrected chi connectivity index (χ4v) is 1.84. The van der Waals surface area contributed by atoms with Crippen LogP contribution in [0, 0.1) is 0 Å². The maximum absolute atomic E-state index is 11.6. The molecule has 0 unspecified atom stereocenters. The molecule has 0 aliphatic heterocycles. The molecule has 0 heterocycles. The summed E-state index contributed by atoms with van der Waals surface area (Å²) in [5.74, 6) is -0.657. The van der Waals surface area contributed by atoms with Crippen LogP contribution in [-0.4, -0.2) is 24.5 Å². The lowest BCUT2D eigenvalue weighted by Crippen LogP contribution is -2.25. The van der Waals surface area contributed by atoms with Gasteiger partial charge in [0.1, 0.15) is 0 Å². The molecule has 0 aliphatic rings. The van der Waals surface area contributed by atoms with Gasteiger partial charge in [-0.2, -0.15) is 0 Å². The molecule has 0 bridgehead atoms. The Bertz CT molecular complexity index is 542. The van der Waals surface area contributed by atoms with Gasteiger partial charge in [0.05, 0.1) is 12.5 Å². The smallest absolute Gasteiger partial charge is 0.307 e. The van der Waals surface area contributed by atoms with Gasteiger partial charge in [0.2, 0.25) is 5.91 Å². The molecule has 0 aromatic heterocycles. The molecule has 1 rings (SSSR count). The molecule has 1 N–H and O–H groups in total. The lowest BCUT2D eigenvalue weighted by atomic mass is 10.2. The van der Waals surface area contributed by atoms with Crippen molar-refractivity contribution in [2.45, 2.75) is 26.4 Å². The summed E-state index contributed by atoms with van der Waals surface area (Å²) in [6.07, 6.45) is 2.88. The van der Waals surface area contributed by atoms with Gasteiger partial charge in [-0.1, -0.05) is 23.2 Å². The number of carbonyl (C=O) groups is 2. The molecule has 0 saturated carbocycles. The quantitative estimate of drug-likeness (QED) is 0.642. The van der Waals surface area contributed by atoms with Crippen LogP contribution in [0.1, 0.15) is 25.8 Å². The first-order chi connectivity index (χ1) is 9.88. The number of ether oxygens (including phenoxy) is 1. The highest BCUT2D eigenvalue weighted by Gasteiger charge is 2.05. The fourth-order valence-electron chi connectivity index (χ4n) is 1.48. The zero-order valence-corrected chi connectivity index (χ0v) is 13.4. The predicted octanol–water partition coefficient (Wildman–Crippen LogP) is 3.46. The van der Waals surface area contributed by atoms with Gasteiger partial charge < -0.3 is 10.1 Å². The number of rotatable bonds is 6. The van der Waals surface area contributed by atoms with E-state index in [1.54, 1.807) is 38.1 Å². The molecule has 1 aromatic carbocycles. The van der Waals surface area contributed by atoms with Crippen LogP contribution >= 0.6 is 23.2 Å². The molecule has 114 valence electrons. The van der Waals surface area contributed by atoms with E-state index >= 15 is 0 Å². The highest BCUT2D eigenvalue weighted by molar-refractivity contribution is 6.34. The maximum Gasteiger partial charge on any atom is 0.307 e. The summed E-state index contributed by atoms with van der Waals surface area (Å²) in [5.41, 5.74) is 0.651. The van der Waals surface area contributed by atoms with Gasteiger partial charge in [-0.25, -0.2) is 0 Å². The topological polar surface area (TPSA) is 55.4 Å². The summed E-state index contributed by atoms with van der Waals surface area (Å²) >= 11 is 11.8. The summed E-state index contributed by atoms with van der Waals surface area (Å²) < 4.78 is 4.95. The molecule has 1 amide bonds. The van der Waals surface area contributed by atoms with Gasteiger partial charge in [0.25, 0.3) is 0 Å². The zero-order chi connectivity index (χ0) is 15.8. The number of carbonyl (C=O) groups excluding carboxylic acids is 2. The van der Waals surface area contributed by atoms with Crippen LogP contribution in [-0.2, 0) is 14.3 Å². The van der Waals surface area contributed by atoms with Crippen LogP contribution in [0.2, 0.25) is 10.0 Å². The number of amides is 1. The molecular formula is C15H17Cl2NO3. The minimum absolute atomic E-state index is 0.135. The Balaban J connectivity index is 2.41. The monoisotopic (exact) mass is 329 g/mol. The summed E-state index contributed by atoms with van der Waals surface area (Å²) in [6.45, 7) is 3.76. The van der Waals surface area contributed by atoms with Crippen molar-refractivity contribution in [2.75, 3.05) is 6.54 Å². The van der Waals surface area contributed by atoms with E-state index in [0.29, 0.717) is 15.6 Å². The van der Waals surface area contributed by atoms with Crippen LogP contribution in [0.15, 0.2) is 24.3 Å². The van der Waals surface area contributed by atoms with Crippen molar-refractivity contribution in [3.8, 4) is 0 Å². The molecule has 0 spiro atoms. The third-order valence-corrected chi connectivity index (χ3v) is 2.95. The van der Waals surface area contributed by atoms with Crippen molar-refractivity contribution in [1.29, 1.82) is 0 Å². The minimum atomic E-state index is -0.341. The van der Waals surface area contributed by atoms with E-state index < -0.39 is 0 Å². The lowest BCUT2D eigenvalue weighted by molar-refractivity contribution is -0.147. The molecular weight excluding hydrogens is 313 g/mol. The second-order valence-corrected chi connectivity index (χ2v) is 5.42. The van der Waals surface area contributed by atoms with Crippen molar-refractivity contribution in [3.63, 3.8) is 0 Å². The minimum Gasteiger partial charge on any atom is -0.463 e. The maximum atomic E-state index is 11.6. The van der Waals surface area contributed by atoms with Crippen molar-refractivity contribution in [2.24, 2.45) is 0 Å². The van der Waals surface area contributed by atoms with Gasteiger partial charge in [0.15, 0.2) is 0 Å². The van der Waals surface area contributed by atoms with E-state index in [4.69, 9.17) is 27.9 Å². The van der Waals surface area contributed by atoms with E-state index in [1.807, 2.05) is 0 Å². The average Bonchev–Trinajstić information content (AvgIpc) is 2.39. The zero-order valence-electron chi connectivity index (χ0n) is 11.9. The standard InChI is InChI=1S/C15H17Cl2NO3/c1-10(2)21-15(20)7-8-18-14(19)6-3-11-9-12(16)4-5-13(11)17/h3-6,9-10H,7-8H2,1-2H3,(H,18,19)/b6-3+. The molecule has 0 aliphatic carbocycles. The Morgan fingerprint density at radius 3 is 2.71 bits per heavy atom. The van der Waals surface area contributed by atoms with Crippen LogP contribution in [0.25, 0.3) is 6.08 Å². The second kappa shape index (κ2) is 8.70. The molecule has 0 fully saturated rings. The first-order valence-corrected chi connectivity index (χ1v) is 7.24. The number of benzene rings is 1. The van der Waals surface area contributed by atoms with E-state index in [9.17, 15) is 9.59 Å². The van der Waals surface area contributed by atoms with Crippen LogP contribution < -0.4 is 5.32 Å². The van der Waals surface area contributed by atoms with E-state index in [2.05, 4.69) is 5.32 Å². The van der Waals surface area contributed by atoms with Crippen LogP contribution in [0.5, 0.6) is 0 Å². The molecule has 0 atom stereocenters. The number of halogens is 2. The lowest BCUT2D eigenvalue weighted by Gasteiger charge is -2.07. The second-order valence-electron chi connectivity index (χ2n) is 4.58. The summed E-state index contributed by atoms with van der Waals surface area (Å²) in [5, 5.41) is 3.63. The Labute approximate surface area is 134 Å². The fraction of sp³-hybridized carbons (Fsp3) is 0.333. The van der Waals surface area contributed by atoms with Gasteiger partial charge in [0, 0.05) is 22.7 Å². The van der Waals surface area contributed by atoms with Crippen molar-refractivity contribution >= 4 is 41.2 Å².